The minimum absolute atomic E-state index is 0.501. The number of rotatable bonds is 9. The van der Waals surface area contributed by atoms with Gasteiger partial charge in [0.25, 0.3) is 0 Å². The maximum atomic E-state index is 5.55. The molecular formula is C12H25NOS. The number of nitrogens with one attached hydrogen (secondary N) is 1. The highest BCUT2D eigenvalue weighted by molar-refractivity contribution is 7.98. The lowest BCUT2D eigenvalue weighted by Gasteiger charge is -2.10. The van der Waals surface area contributed by atoms with Gasteiger partial charge in [0.2, 0.25) is 0 Å². The zero-order valence-corrected chi connectivity index (χ0v) is 10.8. The lowest BCUT2D eigenvalue weighted by molar-refractivity contribution is 0.110. The molecule has 0 bridgehead atoms. The van der Waals surface area contributed by atoms with Gasteiger partial charge in [-0.3, -0.25) is 0 Å². The fourth-order valence-corrected chi connectivity index (χ4v) is 2.41. The first kappa shape index (κ1) is 13.3. The number of unbranched alkanes of at least 4 members (excludes halogenated alkanes) is 3. The second-order valence-electron chi connectivity index (χ2n) is 4.25. The molecule has 15 heavy (non-hydrogen) atoms. The van der Waals surface area contributed by atoms with Crippen LogP contribution in [0, 0.1) is 0 Å². The predicted octanol–water partition coefficient (Wildman–Crippen LogP) is 2.68. The fraction of sp³-hybridized carbons (Fsp3) is 1.00. The van der Waals surface area contributed by atoms with Crippen molar-refractivity contribution in [3.8, 4) is 0 Å². The molecule has 1 atom stereocenters. The minimum atomic E-state index is 0.501. The number of hydrogen-bond acceptors (Lipinski definition) is 3. The van der Waals surface area contributed by atoms with Crippen molar-refractivity contribution in [3.63, 3.8) is 0 Å². The van der Waals surface area contributed by atoms with E-state index in [1.165, 1.54) is 50.8 Å². The van der Waals surface area contributed by atoms with E-state index in [1.54, 1.807) is 0 Å². The Hall–Kier alpha value is 0.270. The Morgan fingerprint density at radius 1 is 1.27 bits per heavy atom. The molecule has 3 heteroatoms. The molecule has 1 saturated heterocycles. The van der Waals surface area contributed by atoms with Crippen LogP contribution in [0.15, 0.2) is 0 Å². The molecule has 1 heterocycles. The van der Waals surface area contributed by atoms with Gasteiger partial charge in [-0.15, -0.1) is 0 Å². The molecule has 90 valence electrons. The molecule has 1 aliphatic rings. The quantitative estimate of drug-likeness (QED) is 0.617. The minimum Gasteiger partial charge on any atom is -0.377 e. The summed E-state index contributed by atoms with van der Waals surface area (Å²) in [6.07, 6.45) is 10.7. The molecule has 0 aromatic heterocycles. The molecule has 1 rings (SSSR count). The summed E-state index contributed by atoms with van der Waals surface area (Å²) in [7, 11) is 0. The van der Waals surface area contributed by atoms with Crippen molar-refractivity contribution >= 4 is 11.8 Å². The van der Waals surface area contributed by atoms with Crippen LogP contribution in [-0.4, -0.2) is 37.8 Å². The second kappa shape index (κ2) is 9.49. The summed E-state index contributed by atoms with van der Waals surface area (Å²) < 4.78 is 5.55. The Bertz CT molecular complexity index is 138. The average Bonchev–Trinajstić information content (AvgIpc) is 2.75. The van der Waals surface area contributed by atoms with Crippen LogP contribution >= 0.6 is 11.8 Å². The maximum Gasteiger partial charge on any atom is 0.0700 e. The van der Waals surface area contributed by atoms with E-state index in [-0.39, 0.29) is 0 Å². The molecule has 0 aromatic carbocycles. The van der Waals surface area contributed by atoms with Crippen molar-refractivity contribution in [2.24, 2.45) is 0 Å². The SMILES string of the molecule is CSCCCCCCNCC1CCCO1. The van der Waals surface area contributed by atoms with Gasteiger partial charge in [-0.1, -0.05) is 12.8 Å². The summed E-state index contributed by atoms with van der Waals surface area (Å²) in [5.41, 5.74) is 0. The van der Waals surface area contributed by atoms with Gasteiger partial charge in [0.1, 0.15) is 0 Å². The van der Waals surface area contributed by atoms with Crippen molar-refractivity contribution in [2.75, 3.05) is 31.7 Å². The monoisotopic (exact) mass is 231 g/mol. The standard InChI is InChI=1S/C12H25NOS/c1-15-10-5-3-2-4-8-13-11-12-7-6-9-14-12/h12-13H,2-11H2,1H3. The lowest BCUT2D eigenvalue weighted by Crippen LogP contribution is -2.26. The highest BCUT2D eigenvalue weighted by atomic mass is 32.2. The van der Waals surface area contributed by atoms with E-state index in [4.69, 9.17) is 4.74 Å². The predicted molar refractivity (Wildman–Crippen MR) is 68.7 cm³/mol. The van der Waals surface area contributed by atoms with Gasteiger partial charge >= 0.3 is 0 Å². The van der Waals surface area contributed by atoms with E-state index in [0.29, 0.717) is 6.10 Å². The molecule has 0 spiro atoms. The van der Waals surface area contributed by atoms with Gasteiger partial charge in [0.05, 0.1) is 6.10 Å². The van der Waals surface area contributed by atoms with Crippen LogP contribution in [-0.2, 0) is 4.74 Å². The first-order valence-electron chi connectivity index (χ1n) is 6.24. The van der Waals surface area contributed by atoms with Gasteiger partial charge in [0.15, 0.2) is 0 Å². The Balaban J connectivity index is 1.73. The normalized spacial score (nSPS) is 21.0. The van der Waals surface area contributed by atoms with E-state index >= 15 is 0 Å². The molecule has 0 aliphatic carbocycles. The molecule has 0 radical (unpaired) electrons. The van der Waals surface area contributed by atoms with Crippen molar-refractivity contribution < 1.29 is 4.74 Å². The zero-order chi connectivity index (χ0) is 10.8. The Kier molecular flexibility index (Phi) is 8.44. The van der Waals surface area contributed by atoms with Gasteiger partial charge in [-0.25, -0.2) is 0 Å². The topological polar surface area (TPSA) is 21.3 Å². The fourth-order valence-electron chi connectivity index (χ4n) is 1.92. The van der Waals surface area contributed by atoms with Crippen molar-refractivity contribution in [3.05, 3.63) is 0 Å². The molecule has 0 aromatic rings. The Labute approximate surface area is 98.5 Å². The van der Waals surface area contributed by atoms with Crippen LogP contribution in [0.5, 0.6) is 0 Å². The number of thioether (sulfide) groups is 1. The maximum absolute atomic E-state index is 5.55. The number of ether oxygens (including phenoxy) is 1. The summed E-state index contributed by atoms with van der Waals surface area (Å²) in [6, 6.07) is 0. The van der Waals surface area contributed by atoms with E-state index < -0.39 is 0 Å². The molecule has 2 nitrogen and oxygen atoms in total. The molecule has 1 N–H and O–H groups in total. The zero-order valence-electron chi connectivity index (χ0n) is 9.96. The third-order valence-corrected chi connectivity index (χ3v) is 3.54. The molecule has 0 amide bonds. The van der Waals surface area contributed by atoms with Crippen molar-refractivity contribution in [2.45, 2.75) is 44.6 Å². The van der Waals surface area contributed by atoms with Crippen LogP contribution in [0.1, 0.15) is 38.5 Å². The summed E-state index contributed by atoms with van der Waals surface area (Å²) in [5.74, 6) is 1.32. The Morgan fingerprint density at radius 3 is 2.87 bits per heavy atom. The first-order valence-corrected chi connectivity index (χ1v) is 7.64. The average molecular weight is 231 g/mol. The summed E-state index contributed by atoms with van der Waals surface area (Å²) in [5, 5.41) is 3.49. The van der Waals surface area contributed by atoms with Crippen LogP contribution in [0.2, 0.25) is 0 Å². The summed E-state index contributed by atoms with van der Waals surface area (Å²) >= 11 is 1.95. The first-order chi connectivity index (χ1) is 7.43. The smallest absolute Gasteiger partial charge is 0.0700 e. The van der Waals surface area contributed by atoms with Gasteiger partial charge in [0, 0.05) is 13.2 Å². The number of hydrogen-bond donors (Lipinski definition) is 1. The van der Waals surface area contributed by atoms with Crippen LogP contribution in [0.4, 0.5) is 0 Å². The van der Waals surface area contributed by atoms with E-state index in [1.807, 2.05) is 11.8 Å². The van der Waals surface area contributed by atoms with Crippen LogP contribution < -0.4 is 5.32 Å². The molecule has 1 aliphatic heterocycles. The molecular weight excluding hydrogens is 206 g/mol. The summed E-state index contributed by atoms with van der Waals surface area (Å²) in [6.45, 7) is 3.20. The third-order valence-electron chi connectivity index (χ3n) is 2.85. The molecule has 1 unspecified atom stereocenters. The largest absolute Gasteiger partial charge is 0.377 e. The van der Waals surface area contributed by atoms with E-state index in [0.717, 1.165) is 13.2 Å². The second-order valence-corrected chi connectivity index (χ2v) is 5.23. The van der Waals surface area contributed by atoms with Crippen LogP contribution in [0.3, 0.4) is 0 Å². The van der Waals surface area contributed by atoms with E-state index in [9.17, 15) is 0 Å². The Morgan fingerprint density at radius 2 is 2.13 bits per heavy atom. The van der Waals surface area contributed by atoms with Gasteiger partial charge in [-0.05, 0) is 44.2 Å². The molecule has 1 fully saturated rings. The van der Waals surface area contributed by atoms with E-state index in [2.05, 4.69) is 11.6 Å². The van der Waals surface area contributed by atoms with Crippen molar-refractivity contribution in [1.82, 2.24) is 5.32 Å². The molecule has 0 saturated carbocycles. The van der Waals surface area contributed by atoms with Crippen LogP contribution in [0.25, 0.3) is 0 Å². The van der Waals surface area contributed by atoms with Gasteiger partial charge < -0.3 is 10.1 Å². The highest BCUT2D eigenvalue weighted by Gasteiger charge is 2.13. The lowest BCUT2D eigenvalue weighted by atomic mass is 10.2. The third kappa shape index (κ3) is 7.20. The highest BCUT2D eigenvalue weighted by Crippen LogP contribution is 2.10. The van der Waals surface area contributed by atoms with Gasteiger partial charge in [-0.2, -0.15) is 11.8 Å². The van der Waals surface area contributed by atoms with Crippen molar-refractivity contribution in [1.29, 1.82) is 0 Å². The summed E-state index contributed by atoms with van der Waals surface area (Å²) in [4.78, 5) is 0.